The smallest absolute Gasteiger partial charge is 0.220 e. The third kappa shape index (κ3) is 1.70. The van der Waals surface area contributed by atoms with E-state index < -0.39 is 0 Å². The lowest BCUT2D eigenvalue weighted by atomic mass is 9.93. The first kappa shape index (κ1) is 9.00. The maximum Gasteiger partial charge on any atom is 0.220 e. The maximum atomic E-state index is 11.1. The largest absolute Gasteiger partial charge is 0.375 e. The molecule has 1 amide bonds. The van der Waals surface area contributed by atoms with E-state index in [1.165, 1.54) is 0 Å². The van der Waals surface area contributed by atoms with E-state index in [0.717, 1.165) is 12.8 Å². The first-order chi connectivity index (χ1) is 6.16. The molecule has 2 aliphatic heterocycles. The predicted octanol–water partition coefficient (Wildman–Crippen LogP) is 1.08. The van der Waals surface area contributed by atoms with E-state index in [2.05, 4.69) is 19.2 Å². The fourth-order valence-corrected chi connectivity index (χ4v) is 2.41. The van der Waals surface area contributed by atoms with Crippen LogP contribution in [0.5, 0.6) is 0 Å². The highest BCUT2D eigenvalue weighted by atomic mass is 16.5. The summed E-state index contributed by atoms with van der Waals surface area (Å²) in [4.78, 5) is 11.1. The Morgan fingerprint density at radius 3 is 2.62 bits per heavy atom. The molecule has 0 aliphatic carbocycles. The van der Waals surface area contributed by atoms with Gasteiger partial charge in [-0.3, -0.25) is 4.79 Å². The van der Waals surface area contributed by atoms with Crippen LogP contribution in [-0.4, -0.2) is 24.2 Å². The minimum atomic E-state index is 0.181. The van der Waals surface area contributed by atoms with Crippen LogP contribution < -0.4 is 5.32 Å². The summed E-state index contributed by atoms with van der Waals surface area (Å²) in [7, 11) is 0. The van der Waals surface area contributed by atoms with Crippen molar-refractivity contribution in [3.05, 3.63) is 0 Å². The van der Waals surface area contributed by atoms with Gasteiger partial charge in [-0.2, -0.15) is 0 Å². The Balaban J connectivity index is 1.97. The molecule has 0 aromatic carbocycles. The van der Waals surface area contributed by atoms with Crippen LogP contribution in [0.25, 0.3) is 0 Å². The number of nitrogens with one attached hydrogen (secondary N) is 1. The third-order valence-electron chi connectivity index (χ3n) is 3.19. The molecule has 2 rings (SSSR count). The van der Waals surface area contributed by atoms with Crippen LogP contribution in [0, 0.1) is 5.92 Å². The number of rotatable bonds is 1. The number of carbonyl (C=O) groups excluding carboxylic acids is 1. The van der Waals surface area contributed by atoms with Crippen LogP contribution in [0.2, 0.25) is 0 Å². The molecular formula is C10H17NO2. The average Bonchev–Trinajstić information content (AvgIpc) is 2.58. The molecular weight excluding hydrogens is 166 g/mol. The van der Waals surface area contributed by atoms with Crippen LogP contribution in [0.4, 0.5) is 0 Å². The van der Waals surface area contributed by atoms with Gasteiger partial charge in [-0.25, -0.2) is 0 Å². The Bertz CT molecular complexity index is 217. The molecule has 4 unspecified atom stereocenters. The molecule has 0 spiro atoms. The van der Waals surface area contributed by atoms with Gasteiger partial charge in [0.15, 0.2) is 0 Å². The lowest BCUT2D eigenvalue weighted by Gasteiger charge is -2.21. The lowest BCUT2D eigenvalue weighted by Crippen LogP contribution is -2.31. The molecule has 74 valence electrons. The van der Waals surface area contributed by atoms with Crippen molar-refractivity contribution in [2.45, 2.75) is 51.4 Å². The van der Waals surface area contributed by atoms with Crippen LogP contribution in [0.1, 0.15) is 33.1 Å². The fourth-order valence-electron chi connectivity index (χ4n) is 2.41. The normalized spacial score (nSPS) is 45.2. The van der Waals surface area contributed by atoms with E-state index in [-0.39, 0.29) is 5.91 Å². The molecule has 1 N–H and O–H groups in total. The van der Waals surface area contributed by atoms with Gasteiger partial charge in [-0.1, -0.05) is 0 Å². The molecule has 0 bridgehead atoms. The first-order valence-corrected chi connectivity index (χ1v) is 5.11. The second kappa shape index (κ2) is 3.29. The van der Waals surface area contributed by atoms with Crippen molar-refractivity contribution >= 4 is 5.91 Å². The first-order valence-electron chi connectivity index (χ1n) is 5.11. The minimum Gasteiger partial charge on any atom is -0.375 e. The summed E-state index contributed by atoms with van der Waals surface area (Å²) >= 11 is 0. The van der Waals surface area contributed by atoms with Crippen molar-refractivity contribution < 1.29 is 9.53 Å². The van der Waals surface area contributed by atoms with E-state index in [1.54, 1.807) is 0 Å². The molecule has 2 aliphatic rings. The molecule has 3 heteroatoms. The molecule has 0 aromatic heterocycles. The monoisotopic (exact) mass is 183 g/mol. The van der Waals surface area contributed by atoms with Gasteiger partial charge in [0, 0.05) is 18.4 Å². The van der Waals surface area contributed by atoms with E-state index in [0.29, 0.717) is 30.6 Å². The van der Waals surface area contributed by atoms with Crippen LogP contribution in [0.3, 0.4) is 0 Å². The van der Waals surface area contributed by atoms with Crippen molar-refractivity contribution in [2.75, 3.05) is 0 Å². The molecule has 2 saturated heterocycles. The van der Waals surface area contributed by atoms with Crippen molar-refractivity contribution in [1.29, 1.82) is 0 Å². The van der Waals surface area contributed by atoms with Crippen molar-refractivity contribution in [3.63, 3.8) is 0 Å². The van der Waals surface area contributed by atoms with Crippen LogP contribution in [0.15, 0.2) is 0 Å². The summed E-state index contributed by atoms with van der Waals surface area (Å²) in [5.41, 5.74) is 0. The molecule has 0 aromatic rings. The number of ether oxygens (including phenoxy) is 1. The van der Waals surface area contributed by atoms with Gasteiger partial charge in [-0.05, 0) is 26.7 Å². The van der Waals surface area contributed by atoms with Crippen molar-refractivity contribution in [3.8, 4) is 0 Å². The summed E-state index contributed by atoms with van der Waals surface area (Å²) in [6.07, 6.45) is 3.60. The highest BCUT2D eigenvalue weighted by Gasteiger charge is 2.38. The fraction of sp³-hybridized carbons (Fsp3) is 0.900. The van der Waals surface area contributed by atoms with Gasteiger partial charge in [0.05, 0.1) is 12.2 Å². The van der Waals surface area contributed by atoms with Crippen molar-refractivity contribution in [1.82, 2.24) is 5.32 Å². The second-order valence-corrected chi connectivity index (χ2v) is 4.29. The van der Waals surface area contributed by atoms with Gasteiger partial charge in [-0.15, -0.1) is 0 Å². The topological polar surface area (TPSA) is 38.3 Å². The van der Waals surface area contributed by atoms with E-state index in [4.69, 9.17) is 4.74 Å². The minimum absolute atomic E-state index is 0.181. The Morgan fingerprint density at radius 1 is 1.38 bits per heavy atom. The maximum absolute atomic E-state index is 11.1. The summed E-state index contributed by atoms with van der Waals surface area (Å²) in [6.45, 7) is 4.18. The van der Waals surface area contributed by atoms with Crippen LogP contribution in [-0.2, 0) is 9.53 Å². The number of hydrogen-bond donors (Lipinski definition) is 1. The summed E-state index contributed by atoms with van der Waals surface area (Å²) in [5, 5.41) is 2.94. The SMILES string of the molecule is CC1CCC(C2CC(=O)NC2C)O1. The quantitative estimate of drug-likeness (QED) is 0.660. The Kier molecular flexibility index (Phi) is 2.28. The average molecular weight is 183 g/mol. The molecule has 3 nitrogen and oxygen atoms in total. The molecule has 0 radical (unpaired) electrons. The van der Waals surface area contributed by atoms with Gasteiger partial charge >= 0.3 is 0 Å². The van der Waals surface area contributed by atoms with Gasteiger partial charge in [0.1, 0.15) is 0 Å². The Labute approximate surface area is 78.8 Å². The molecule has 0 saturated carbocycles. The molecule has 13 heavy (non-hydrogen) atoms. The van der Waals surface area contributed by atoms with Crippen LogP contribution >= 0.6 is 0 Å². The van der Waals surface area contributed by atoms with E-state index in [1.807, 2.05) is 0 Å². The highest BCUT2D eigenvalue weighted by molar-refractivity contribution is 5.79. The lowest BCUT2D eigenvalue weighted by molar-refractivity contribution is -0.119. The zero-order valence-corrected chi connectivity index (χ0v) is 8.25. The van der Waals surface area contributed by atoms with Gasteiger partial charge in [0.25, 0.3) is 0 Å². The summed E-state index contributed by atoms with van der Waals surface area (Å²) < 4.78 is 5.77. The third-order valence-corrected chi connectivity index (χ3v) is 3.19. The highest BCUT2D eigenvalue weighted by Crippen LogP contribution is 2.31. The Hall–Kier alpha value is -0.570. The van der Waals surface area contributed by atoms with E-state index >= 15 is 0 Å². The predicted molar refractivity (Wildman–Crippen MR) is 49.3 cm³/mol. The number of carbonyl (C=O) groups is 1. The Morgan fingerprint density at radius 2 is 2.15 bits per heavy atom. The standard InChI is InChI=1S/C10H17NO2/c1-6-3-4-9(13-6)8-5-10(12)11-7(8)2/h6-9H,3-5H2,1-2H3,(H,11,12). The summed E-state index contributed by atoms with van der Waals surface area (Å²) in [5.74, 6) is 0.582. The zero-order chi connectivity index (χ0) is 9.42. The number of amides is 1. The van der Waals surface area contributed by atoms with Gasteiger partial charge < -0.3 is 10.1 Å². The summed E-state index contributed by atoms with van der Waals surface area (Å²) in [6, 6.07) is 0.294. The molecule has 2 fully saturated rings. The second-order valence-electron chi connectivity index (χ2n) is 4.29. The van der Waals surface area contributed by atoms with Crippen molar-refractivity contribution in [2.24, 2.45) is 5.92 Å². The number of hydrogen-bond acceptors (Lipinski definition) is 2. The van der Waals surface area contributed by atoms with Gasteiger partial charge in [0.2, 0.25) is 5.91 Å². The molecule has 4 atom stereocenters. The molecule has 2 heterocycles. The zero-order valence-electron chi connectivity index (χ0n) is 8.25. The van der Waals surface area contributed by atoms with E-state index in [9.17, 15) is 4.79 Å².